The van der Waals surface area contributed by atoms with Gasteiger partial charge in [0.15, 0.2) is 0 Å². The molecule has 6 heteroatoms. The van der Waals surface area contributed by atoms with Crippen molar-refractivity contribution in [2.24, 2.45) is 11.8 Å². The van der Waals surface area contributed by atoms with Gasteiger partial charge in [-0.25, -0.2) is 0 Å². The quantitative estimate of drug-likeness (QED) is 0.767. The number of amides is 2. The van der Waals surface area contributed by atoms with E-state index in [9.17, 15) is 19.5 Å². The third-order valence-corrected chi connectivity index (χ3v) is 5.10. The molecule has 150 valence electrons. The fourth-order valence-corrected chi connectivity index (χ4v) is 3.50. The highest BCUT2D eigenvalue weighted by Gasteiger charge is 2.29. The molecule has 1 aliphatic carbocycles. The van der Waals surface area contributed by atoms with Crippen molar-refractivity contribution in [3.8, 4) is 0 Å². The number of nitrogens with zero attached hydrogens (tertiary/aromatic N) is 1. The van der Waals surface area contributed by atoms with Crippen LogP contribution < -0.4 is 15.3 Å². The molecule has 0 fully saturated rings. The monoisotopic (exact) mass is 391 g/mol. The molecule has 0 radical (unpaired) electrons. The lowest BCUT2D eigenvalue weighted by molar-refractivity contribution is -0.313. The van der Waals surface area contributed by atoms with Crippen LogP contribution in [0.3, 0.4) is 0 Å². The average Bonchev–Trinajstić information content (AvgIpc) is 2.75. The Hall–Kier alpha value is -3.41. The van der Waals surface area contributed by atoms with Gasteiger partial charge in [0, 0.05) is 35.4 Å². The minimum Gasteiger partial charge on any atom is -0.550 e. The Kier molecular flexibility index (Phi) is 6.44. The molecule has 0 saturated heterocycles. The van der Waals surface area contributed by atoms with Gasteiger partial charge in [-0.15, -0.1) is 0 Å². The number of para-hydroxylation sites is 1. The van der Waals surface area contributed by atoms with Crippen LogP contribution in [0.15, 0.2) is 66.7 Å². The third kappa shape index (κ3) is 4.71. The van der Waals surface area contributed by atoms with Gasteiger partial charge in [0.1, 0.15) is 0 Å². The van der Waals surface area contributed by atoms with Crippen LogP contribution in [0.1, 0.15) is 30.1 Å². The van der Waals surface area contributed by atoms with E-state index in [1.807, 2.05) is 43.3 Å². The van der Waals surface area contributed by atoms with E-state index < -0.39 is 17.8 Å². The highest BCUT2D eigenvalue weighted by molar-refractivity contribution is 6.06. The second-order valence-corrected chi connectivity index (χ2v) is 6.93. The summed E-state index contributed by atoms with van der Waals surface area (Å²) in [6, 6.07) is 16.0. The van der Waals surface area contributed by atoms with E-state index >= 15 is 0 Å². The van der Waals surface area contributed by atoms with Crippen LogP contribution in [0.25, 0.3) is 0 Å². The Morgan fingerprint density at radius 1 is 0.966 bits per heavy atom. The molecule has 0 aromatic heterocycles. The topological polar surface area (TPSA) is 89.5 Å². The number of carbonyl (C=O) groups is 3. The molecule has 2 aromatic rings. The average molecular weight is 391 g/mol. The van der Waals surface area contributed by atoms with Crippen molar-refractivity contribution in [1.82, 2.24) is 0 Å². The van der Waals surface area contributed by atoms with Crippen LogP contribution in [0.2, 0.25) is 0 Å². The Bertz CT molecular complexity index is 906. The van der Waals surface area contributed by atoms with Crippen molar-refractivity contribution in [2.75, 3.05) is 16.8 Å². The first-order chi connectivity index (χ1) is 14.0. The van der Waals surface area contributed by atoms with Crippen molar-refractivity contribution in [1.29, 1.82) is 0 Å². The van der Waals surface area contributed by atoms with Crippen molar-refractivity contribution < 1.29 is 19.5 Å². The standard InChI is InChI=1S/C23H24N2O4/c1-2-25(18-8-4-3-5-9-18)22(27)16-12-14-17(15-13-16)24-21(26)19-10-6-7-11-20(19)23(28)29/h3-9,12-15,19-20H,2,10-11H2,1H3,(H,24,26)(H,28,29)/p-1/t19-,20-/m0/s1. The first-order valence-electron chi connectivity index (χ1n) is 9.65. The zero-order chi connectivity index (χ0) is 20.8. The lowest BCUT2D eigenvalue weighted by Crippen LogP contribution is -2.41. The maximum absolute atomic E-state index is 12.8. The molecule has 0 heterocycles. The van der Waals surface area contributed by atoms with Gasteiger partial charge in [0.2, 0.25) is 5.91 Å². The number of hydrogen-bond donors (Lipinski definition) is 1. The van der Waals surface area contributed by atoms with E-state index in [0.717, 1.165) is 5.69 Å². The van der Waals surface area contributed by atoms with E-state index in [4.69, 9.17) is 0 Å². The molecule has 29 heavy (non-hydrogen) atoms. The summed E-state index contributed by atoms with van der Waals surface area (Å²) in [6.45, 7) is 2.44. The molecule has 2 amide bonds. The van der Waals surface area contributed by atoms with E-state index in [2.05, 4.69) is 5.32 Å². The molecule has 0 bridgehead atoms. The van der Waals surface area contributed by atoms with Crippen LogP contribution in [0, 0.1) is 11.8 Å². The molecule has 1 aliphatic rings. The smallest absolute Gasteiger partial charge is 0.258 e. The number of carbonyl (C=O) groups excluding carboxylic acids is 3. The predicted octanol–water partition coefficient (Wildman–Crippen LogP) is 2.62. The summed E-state index contributed by atoms with van der Waals surface area (Å²) in [5, 5.41) is 14.0. The maximum atomic E-state index is 12.8. The van der Waals surface area contributed by atoms with Gasteiger partial charge in [-0.05, 0) is 56.2 Å². The van der Waals surface area contributed by atoms with Gasteiger partial charge < -0.3 is 20.1 Å². The summed E-state index contributed by atoms with van der Waals surface area (Å²) in [4.78, 5) is 38.3. The molecule has 0 unspecified atom stereocenters. The first-order valence-corrected chi connectivity index (χ1v) is 9.65. The zero-order valence-electron chi connectivity index (χ0n) is 16.2. The summed E-state index contributed by atoms with van der Waals surface area (Å²) in [7, 11) is 0. The van der Waals surface area contributed by atoms with Crippen molar-refractivity contribution in [3.63, 3.8) is 0 Å². The van der Waals surface area contributed by atoms with Gasteiger partial charge in [-0.1, -0.05) is 30.4 Å². The van der Waals surface area contributed by atoms with Crippen LogP contribution >= 0.6 is 0 Å². The Morgan fingerprint density at radius 3 is 2.17 bits per heavy atom. The molecule has 6 nitrogen and oxygen atoms in total. The molecular formula is C23H23N2O4-. The lowest BCUT2D eigenvalue weighted by atomic mass is 9.82. The number of rotatable bonds is 6. The number of anilines is 2. The molecule has 3 rings (SSSR count). The Balaban J connectivity index is 1.70. The van der Waals surface area contributed by atoms with E-state index in [1.165, 1.54) is 0 Å². The zero-order valence-corrected chi connectivity index (χ0v) is 16.2. The Morgan fingerprint density at radius 2 is 1.59 bits per heavy atom. The number of hydrogen-bond acceptors (Lipinski definition) is 4. The molecule has 1 N–H and O–H groups in total. The van der Waals surface area contributed by atoms with Crippen LogP contribution in [0.5, 0.6) is 0 Å². The predicted molar refractivity (Wildman–Crippen MR) is 109 cm³/mol. The molecule has 0 spiro atoms. The van der Waals surface area contributed by atoms with Crippen LogP contribution in [-0.2, 0) is 9.59 Å². The summed E-state index contributed by atoms with van der Waals surface area (Å²) in [6.07, 6.45) is 4.23. The van der Waals surface area contributed by atoms with E-state index in [-0.39, 0.29) is 11.8 Å². The van der Waals surface area contributed by atoms with Crippen molar-refractivity contribution in [3.05, 3.63) is 72.3 Å². The number of benzene rings is 2. The number of nitrogens with one attached hydrogen (secondary N) is 1. The minimum absolute atomic E-state index is 0.133. The fraction of sp³-hybridized carbons (Fsp3) is 0.261. The van der Waals surface area contributed by atoms with Gasteiger partial charge >= 0.3 is 0 Å². The third-order valence-electron chi connectivity index (χ3n) is 5.10. The summed E-state index contributed by atoms with van der Waals surface area (Å²) >= 11 is 0. The molecule has 0 saturated carbocycles. The van der Waals surface area contributed by atoms with Gasteiger partial charge in [0.25, 0.3) is 5.91 Å². The maximum Gasteiger partial charge on any atom is 0.258 e. The highest BCUT2D eigenvalue weighted by Crippen LogP contribution is 2.27. The van der Waals surface area contributed by atoms with Crippen molar-refractivity contribution >= 4 is 29.2 Å². The normalized spacial score (nSPS) is 18.1. The van der Waals surface area contributed by atoms with Gasteiger partial charge in [-0.2, -0.15) is 0 Å². The number of aliphatic carboxylic acids is 1. The molecule has 0 aliphatic heterocycles. The summed E-state index contributed by atoms with van der Waals surface area (Å²) < 4.78 is 0. The van der Waals surface area contributed by atoms with Crippen LogP contribution in [0.4, 0.5) is 11.4 Å². The second kappa shape index (κ2) is 9.19. The van der Waals surface area contributed by atoms with Gasteiger partial charge in [-0.3, -0.25) is 9.59 Å². The fourth-order valence-electron chi connectivity index (χ4n) is 3.50. The van der Waals surface area contributed by atoms with E-state index in [0.29, 0.717) is 30.6 Å². The summed E-state index contributed by atoms with van der Waals surface area (Å²) in [5.74, 6) is -3.20. The van der Waals surface area contributed by atoms with Crippen molar-refractivity contribution in [2.45, 2.75) is 19.8 Å². The van der Waals surface area contributed by atoms with Gasteiger partial charge in [0.05, 0.1) is 5.92 Å². The minimum atomic E-state index is -1.21. The van der Waals surface area contributed by atoms with Crippen LogP contribution in [-0.4, -0.2) is 24.3 Å². The SMILES string of the molecule is CCN(C(=O)c1ccc(NC(=O)[C@H]2CC=CC[C@@H]2C(=O)[O-])cc1)c1ccccc1. The second-order valence-electron chi connectivity index (χ2n) is 6.93. The summed E-state index contributed by atoms with van der Waals surface area (Å²) in [5.41, 5.74) is 1.83. The number of allylic oxidation sites excluding steroid dienone is 2. The highest BCUT2D eigenvalue weighted by atomic mass is 16.4. The first kappa shape index (κ1) is 20.3. The number of carboxylic acid groups (broad SMARTS) is 1. The molecule has 2 atom stereocenters. The molecule has 2 aromatic carbocycles. The number of carboxylic acids is 1. The largest absolute Gasteiger partial charge is 0.550 e. The molecular weight excluding hydrogens is 368 g/mol. The van der Waals surface area contributed by atoms with E-state index in [1.54, 1.807) is 35.2 Å². The lowest BCUT2D eigenvalue weighted by Gasteiger charge is -2.28. The Labute approximate surface area is 169 Å².